The summed E-state index contributed by atoms with van der Waals surface area (Å²) in [5.41, 5.74) is 3.12. The second-order valence-electron chi connectivity index (χ2n) is 2.93. The Bertz CT molecular complexity index is 293. The minimum Gasteiger partial charge on any atom is -0.456 e. The highest BCUT2D eigenvalue weighted by Gasteiger charge is 2.16. The van der Waals surface area contributed by atoms with Crippen LogP contribution in [0.4, 0.5) is 0 Å². The molecule has 0 unspecified atom stereocenters. The molecule has 0 aromatic rings. The molecule has 0 saturated carbocycles. The number of carbonyl (C=O) groups excluding carboxylic acids is 1. The van der Waals surface area contributed by atoms with E-state index in [1.165, 1.54) is 0 Å². The number of rotatable bonds is 3. The van der Waals surface area contributed by atoms with Crippen LogP contribution in [0.5, 0.6) is 0 Å². The van der Waals surface area contributed by atoms with E-state index in [2.05, 4.69) is 5.73 Å². The summed E-state index contributed by atoms with van der Waals surface area (Å²) in [6.45, 7) is 3.22. The quantitative estimate of drug-likeness (QED) is 0.519. The van der Waals surface area contributed by atoms with Crippen LogP contribution in [0.2, 0.25) is 0 Å². The van der Waals surface area contributed by atoms with Crippen molar-refractivity contribution in [2.45, 2.75) is 26.1 Å². The summed E-state index contributed by atoms with van der Waals surface area (Å²) < 4.78 is 4.94. The molecule has 0 amide bonds. The van der Waals surface area contributed by atoms with E-state index in [1.807, 2.05) is 0 Å². The van der Waals surface area contributed by atoms with E-state index < -0.39 is 18.2 Å². The van der Waals surface area contributed by atoms with Crippen LogP contribution >= 0.6 is 0 Å². The lowest BCUT2D eigenvalue weighted by atomic mass is 10.2. The Hall–Kier alpha value is -1.31. The van der Waals surface area contributed by atoms with Crippen molar-refractivity contribution in [1.29, 1.82) is 0 Å². The second-order valence-corrected chi connectivity index (χ2v) is 2.93. The molecule has 3 nitrogen and oxygen atoms in total. The average molecular weight is 180 g/mol. The fraction of sp³-hybridized carbons (Fsp3) is 0.400. The molecule has 13 heavy (non-hydrogen) atoms. The SMILES string of the molecule is C[C@H](O)[C@H](C)OC(=O)C1=C=CC=C1. The van der Waals surface area contributed by atoms with Crippen molar-refractivity contribution in [3.05, 3.63) is 29.5 Å². The van der Waals surface area contributed by atoms with Gasteiger partial charge in [-0.1, -0.05) is 6.08 Å². The van der Waals surface area contributed by atoms with Crippen LogP contribution in [-0.4, -0.2) is 23.3 Å². The van der Waals surface area contributed by atoms with Gasteiger partial charge in [-0.3, -0.25) is 0 Å². The molecular formula is C10H12O3. The first-order valence-corrected chi connectivity index (χ1v) is 4.13. The van der Waals surface area contributed by atoms with Crippen molar-refractivity contribution in [2.24, 2.45) is 0 Å². The van der Waals surface area contributed by atoms with Crippen molar-refractivity contribution in [3.63, 3.8) is 0 Å². The van der Waals surface area contributed by atoms with Gasteiger partial charge in [0.25, 0.3) is 0 Å². The van der Waals surface area contributed by atoms with Gasteiger partial charge in [-0.05, 0) is 26.0 Å². The summed E-state index contributed by atoms with van der Waals surface area (Å²) in [6.07, 6.45) is 3.83. The van der Waals surface area contributed by atoms with Crippen molar-refractivity contribution in [2.75, 3.05) is 0 Å². The lowest BCUT2D eigenvalue weighted by Crippen LogP contribution is -2.26. The molecule has 0 saturated heterocycles. The minimum atomic E-state index is -0.654. The van der Waals surface area contributed by atoms with E-state index in [1.54, 1.807) is 32.1 Å². The number of allylic oxidation sites excluding steroid dienone is 1. The van der Waals surface area contributed by atoms with Gasteiger partial charge in [-0.2, -0.15) is 0 Å². The summed E-state index contributed by atoms with van der Waals surface area (Å²) in [7, 11) is 0. The maximum atomic E-state index is 11.3. The fourth-order valence-electron chi connectivity index (χ4n) is 0.788. The highest BCUT2D eigenvalue weighted by atomic mass is 16.6. The molecule has 0 aliphatic heterocycles. The average Bonchev–Trinajstić information content (AvgIpc) is 2.55. The Morgan fingerprint density at radius 1 is 1.62 bits per heavy atom. The van der Waals surface area contributed by atoms with E-state index in [0.717, 1.165) is 0 Å². The smallest absolute Gasteiger partial charge is 0.346 e. The first-order valence-electron chi connectivity index (χ1n) is 4.13. The second kappa shape index (κ2) is 4.08. The number of ether oxygens (including phenoxy) is 1. The number of aliphatic hydroxyl groups is 1. The molecule has 3 heteroatoms. The summed E-state index contributed by atoms with van der Waals surface area (Å²) in [4.78, 5) is 11.3. The number of carbonyl (C=O) groups is 1. The molecule has 0 aromatic carbocycles. The first-order chi connectivity index (χ1) is 6.11. The third-order valence-corrected chi connectivity index (χ3v) is 1.79. The monoisotopic (exact) mass is 180 g/mol. The summed E-state index contributed by atoms with van der Waals surface area (Å²) in [6, 6.07) is 0. The first kappa shape index (κ1) is 9.78. The Morgan fingerprint density at radius 2 is 2.31 bits per heavy atom. The van der Waals surface area contributed by atoms with Gasteiger partial charge in [0.2, 0.25) is 0 Å². The molecule has 1 rings (SSSR count). The van der Waals surface area contributed by atoms with Gasteiger partial charge >= 0.3 is 5.97 Å². The van der Waals surface area contributed by atoms with E-state index in [-0.39, 0.29) is 0 Å². The number of hydrogen-bond acceptors (Lipinski definition) is 3. The zero-order chi connectivity index (χ0) is 9.84. The Morgan fingerprint density at radius 3 is 2.77 bits per heavy atom. The molecule has 0 heterocycles. The van der Waals surface area contributed by atoms with Crippen LogP contribution in [-0.2, 0) is 9.53 Å². The normalized spacial score (nSPS) is 18.2. The fourth-order valence-corrected chi connectivity index (χ4v) is 0.788. The highest BCUT2D eigenvalue weighted by Crippen LogP contribution is 2.07. The van der Waals surface area contributed by atoms with Gasteiger partial charge in [0, 0.05) is 0 Å². The van der Waals surface area contributed by atoms with Gasteiger partial charge in [0.1, 0.15) is 11.7 Å². The third kappa shape index (κ3) is 2.58. The Kier molecular flexibility index (Phi) is 3.07. The highest BCUT2D eigenvalue weighted by molar-refractivity contribution is 5.92. The van der Waals surface area contributed by atoms with Crippen molar-refractivity contribution in [1.82, 2.24) is 0 Å². The van der Waals surface area contributed by atoms with E-state index in [9.17, 15) is 4.79 Å². The maximum absolute atomic E-state index is 11.3. The number of hydrogen-bond donors (Lipinski definition) is 1. The summed E-state index contributed by atoms with van der Waals surface area (Å²) >= 11 is 0. The topological polar surface area (TPSA) is 46.5 Å². The molecular weight excluding hydrogens is 168 g/mol. The van der Waals surface area contributed by atoms with Crippen molar-refractivity contribution < 1.29 is 14.6 Å². The Labute approximate surface area is 77.0 Å². The van der Waals surface area contributed by atoms with Crippen LogP contribution in [0.15, 0.2) is 29.5 Å². The summed E-state index contributed by atoms with van der Waals surface area (Å²) in [5.74, 6) is -0.446. The molecule has 1 N–H and O–H groups in total. The molecule has 0 spiro atoms. The Balaban J connectivity index is 2.51. The predicted molar refractivity (Wildman–Crippen MR) is 48.0 cm³/mol. The van der Waals surface area contributed by atoms with Crippen LogP contribution < -0.4 is 0 Å². The van der Waals surface area contributed by atoms with Crippen LogP contribution in [0.1, 0.15) is 13.8 Å². The number of esters is 1. The molecule has 0 fully saturated rings. The molecule has 1 aliphatic rings. The third-order valence-electron chi connectivity index (χ3n) is 1.79. The molecule has 70 valence electrons. The minimum absolute atomic E-state index is 0.396. The maximum Gasteiger partial charge on any atom is 0.346 e. The molecule has 0 bridgehead atoms. The van der Waals surface area contributed by atoms with E-state index in [0.29, 0.717) is 5.57 Å². The van der Waals surface area contributed by atoms with E-state index >= 15 is 0 Å². The van der Waals surface area contributed by atoms with Gasteiger partial charge in [0.05, 0.1) is 6.10 Å². The number of aliphatic hydroxyl groups excluding tert-OH is 1. The van der Waals surface area contributed by atoms with Gasteiger partial charge < -0.3 is 9.84 Å². The molecule has 1 aliphatic carbocycles. The largest absolute Gasteiger partial charge is 0.456 e. The zero-order valence-electron chi connectivity index (χ0n) is 7.65. The summed E-state index contributed by atoms with van der Waals surface area (Å²) in [5, 5.41) is 9.08. The van der Waals surface area contributed by atoms with Crippen molar-refractivity contribution in [3.8, 4) is 0 Å². The predicted octanol–water partition coefficient (Wildman–Crippen LogP) is 0.950. The van der Waals surface area contributed by atoms with Gasteiger partial charge in [0.15, 0.2) is 0 Å². The van der Waals surface area contributed by atoms with Crippen LogP contribution in [0.3, 0.4) is 0 Å². The van der Waals surface area contributed by atoms with E-state index in [4.69, 9.17) is 9.84 Å². The van der Waals surface area contributed by atoms with Gasteiger partial charge in [-0.25, -0.2) is 4.79 Å². The van der Waals surface area contributed by atoms with Crippen LogP contribution in [0, 0.1) is 0 Å². The van der Waals surface area contributed by atoms with Gasteiger partial charge in [-0.15, -0.1) is 5.73 Å². The lowest BCUT2D eigenvalue weighted by Gasteiger charge is -2.14. The molecule has 2 atom stereocenters. The zero-order valence-corrected chi connectivity index (χ0v) is 7.65. The van der Waals surface area contributed by atoms with Crippen molar-refractivity contribution >= 4 is 5.97 Å². The van der Waals surface area contributed by atoms with Crippen LogP contribution in [0.25, 0.3) is 0 Å². The standard InChI is InChI=1S/C10H12O3/c1-7(11)8(2)13-10(12)9-5-3-4-6-9/h3-5,7-8,11H,1-2H3/t7-,8-/m0/s1. The molecule has 0 radical (unpaired) electrons. The molecule has 0 aromatic heterocycles. The lowest BCUT2D eigenvalue weighted by molar-refractivity contribution is -0.147.